The molecule has 0 unspecified atom stereocenters. The van der Waals surface area contributed by atoms with Gasteiger partial charge >= 0.3 is 0 Å². The number of para-hydroxylation sites is 1. The zero-order valence-electron chi connectivity index (χ0n) is 14.3. The van der Waals surface area contributed by atoms with E-state index in [0.29, 0.717) is 22.0 Å². The molecule has 134 valence electrons. The second kappa shape index (κ2) is 7.68. The van der Waals surface area contributed by atoms with E-state index in [2.05, 4.69) is 21.7 Å². The van der Waals surface area contributed by atoms with Crippen molar-refractivity contribution < 1.29 is 0 Å². The summed E-state index contributed by atoms with van der Waals surface area (Å²) >= 11 is 12.3. The van der Waals surface area contributed by atoms with Crippen LogP contribution in [0.4, 0.5) is 17.5 Å². The molecular weight excluding hydrogens is 367 g/mol. The van der Waals surface area contributed by atoms with Gasteiger partial charge in [0.05, 0.1) is 16.2 Å². The molecule has 4 rings (SSSR count). The van der Waals surface area contributed by atoms with E-state index < -0.39 is 0 Å². The molecule has 26 heavy (non-hydrogen) atoms. The molecule has 1 aliphatic carbocycles. The van der Waals surface area contributed by atoms with Gasteiger partial charge in [-0.1, -0.05) is 54.6 Å². The SMILES string of the molecule is Clc1ccc(Nc2nc(NC3CCCCC3)c3ccccc3n2)c(Cl)c1. The zero-order chi connectivity index (χ0) is 17.9. The summed E-state index contributed by atoms with van der Waals surface area (Å²) in [5.74, 6) is 1.39. The Morgan fingerprint density at radius 2 is 1.73 bits per heavy atom. The number of nitrogens with one attached hydrogen (secondary N) is 2. The molecule has 3 aromatic rings. The number of hydrogen-bond acceptors (Lipinski definition) is 4. The van der Waals surface area contributed by atoms with Crippen LogP contribution in [0, 0.1) is 0 Å². The number of anilines is 3. The second-order valence-corrected chi connectivity index (χ2v) is 7.49. The summed E-state index contributed by atoms with van der Waals surface area (Å²) in [5.41, 5.74) is 1.63. The maximum absolute atomic E-state index is 6.27. The van der Waals surface area contributed by atoms with E-state index in [0.717, 1.165) is 22.4 Å². The van der Waals surface area contributed by atoms with E-state index in [9.17, 15) is 0 Å². The summed E-state index contributed by atoms with van der Waals surface area (Å²) in [6.07, 6.45) is 6.23. The van der Waals surface area contributed by atoms with Gasteiger partial charge < -0.3 is 10.6 Å². The van der Waals surface area contributed by atoms with Crippen molar-refractivity contribution >= 4 is 51.6 Å². The molecule has 4 nitrogen and oxygen atoms in total. The van der Waals surface area contributed by atoms with Gasteiger partial charge in [0.25, 0.3) is 0 Å². The van der Waals surface area contributed by atoms with Crippen LogP contribution in [-0.4, -0.2) is 16.0 Å². The first-order chi connectivity index (χ1) is 12.7. The molecule has 6 heteroatoms. The lowest BCUT2D eigenvalue weighted by molar-refractivity contribution is 0.462. The minimum absolute atomic E-state index is 0.467. The Labute approximate surface area is 162 Å². The summed E-state index contributed by atoms with van der Waals surface area (Å²) in [5, 5.41) is 9.01. The van der Waals surface area contributed by atoms with Crippen molar-refractivity contribution in [3.8, 4) is 0 Å². The van der Waals surface area contributed by atoms with E-state index in [4.69, 9.17) is 28.2 Å². The Hall–Kier alpha value is -2.04. The number of aromatic nitrogens is 2. The lowest BCUT2D eigenvalue weighted by atomic mass is 9.95. The lowest BCUT2D eigenvalue weighted by Crippen LogP contribution is -2.23. The molecule has 0 aliphatic heterocycles. The van der Waals surface area contributed by atoms with Crippen LogP contribution in [0.2, 0.25) is 10.0 Å². The molecule has 0 spiro atoms. The van der Waals surface area contributed by atoms with Crippen molar-refractivity contribution in [3.63, 3.8) is 0 Å². The van der Waals surface area contributed by atoms with Crippen LogP contribution >= 0.6 is 23.2 Å². The van der Waals surface area contributed by atoms with Crippen LogP contribution in [-0.2, 0) is 0 Å². The molecule has 1 heterocycles. The third kappa shape index (κ3) is 3.87. The van der Waals surface area contributed by atoms with Crippen LogP contribution in [0.25, 0.3) is 10.9 Å². The average Bonchev–Trinajstić information content (AvgIpc) is 2.65. The van der Waals surface area contributed by atoms with Crippen molar-refractivity contribution in [1.29, 1.82) is 0 Å². The first kappa shape index (κ1) is 17.4. The van der Waals surface area contributed by atoms with Crippen molar-refractivity contribution in [2.24, 2.45) is 0 Å². The fourth-order valence-corrected chi connectivity index (χ4v) is 3.85. The van der Waals surface area contributed by atoms with Gasteiger partial charge in [0, 0.05) is 16.5 Å². The van der Waals surface area contributed by atoms with E-state index in [1.54, 1.807) is 12.1 Å². The summed E-state index contributed by atoms with van der Waals surface area (Å²) in [6, 6.07) is 13.8. The van der Waals surface area contributed by atoms with Crippen molar-refractivity contribution in [3.05, 3.63) is 52.5 Å². The highest BCUT2D eigenvalue weighted by atomic mass is 35.5. The standard InChI is InChI=1S/C20H20Cl2N4/c21-13-10-11-18(16(22)12-13)25-20-24-17-9-5-4-8-15(17)19(26-20)23-14-6-2-1-3-7-14/h4-5,8-12,14H,1-3,6-7H2,(H2,23,24,25,26). The molecule has 1 fully saturated rings. The number of nitrogens with zero attached hydrogens (tertiary/aromatic N) is 2. The monoisotopic (exact) mass is 386 g/mol. The molecular formula is C20H20Cl2N4. The number of fused-ring (bicyclic) bond motifs is 1. The molecule has 1 saturated carbocycles. The minimum atomic E-state index is 0.467. The fraction of sp³-hybridized carbons (Fsp3) is 0.300. The van der Waals surface area contributed by atoms with Gasteiger partial charge in [0.1, 0.15) is 5.82 Å². The summed E-state index contributed by atoms with van der Waals surface area (Å²) in [7, 11) is 0. The normalized spacial score (nSPS) is 15.2. The molecule has 1 aliphatic rings. The number of halogens is 2. The molecule has 2 aromatic carbocycles. The van der Waals surface area contributed by atoms with Gasteiger partial charge in [-0.3, -0.25) is 0 Å². The fourth-order valence-electron chi connectivity index (χ4n) is 3.39. The Bertz CT molecular complexity index is 923. The molecule has 0 radical (unpaired) electrons. The number of rotatable bonds is 4. The average molecular weight is 387 g/mol. The lowest BCUT2D eigenvalue weighted by Gasteiger charge is -2.24. The first-order valence-corrected chi connectivity index (χ1v) is 9.70. The smallest absolute Gasteiger partial charge is 0.229 e. The zero-order valence-corrected chi connectivity index (χ0v) is 15.8. The highest BCUT2D eigenvalue weighted by Crippen LogP contribution is 2.30. The molecule has 0 saturated heterocycles. The van der Waals surface area contributed by atoms with Crippen molar-refractivity contribution in [2.75, 3.05) is 10.6 Å². The number of hydrogen-bond donors (Lipinski definition) is 2. The van der Waals surface area contributed by atoms with Crippen LogP contribution < -0.4 is 10.6 Å². The van der Waals surface area contributed by atoms with Crippen LogP contribution in [0.3, 0.4) is 0 Å². The molecule has 1 aromatic heterocycles. The Morgan fingerprint density at radius 1 is 0.923 bits per heavy atom. The molecule has 0 bridgehead atoms. The van der Waals surface area contributed by atoms with Gasteiger partial charge in [-0.15, -0.1) is 0 Å². The predicted octanol–water partition coefficient (Wildman–Crippen LogP) is 6.42. The maximum atomic E-state index is 6.27. The third-order valence-corrected chi connectivity index (χ3v) is 5.27. The van der Waals surface area contributed by atoms with Gasteiger partial charge in [0.2, 0.25) is 5.95 Å². The highest BCUT2D eigenvalue weighted by molar-refractivity contribution is 6.36. The first-order valence-electron chi connectivity index (χ1n) is 8.94. The quantitative estimate of drug-likeness (QED) is 0.542. The van der Waals surface area contributed by atoms with Gasteiger partial charge in [0.15, 0.2) is 0 Å². The molecule has 0 atom stereocenters. The van der Waals surface area contributed by atoms with Crippen molar-refractivity contribution in [1.82, 2.24) is 9.97 Å². The maximum Gasteiger partial charge on any atom is 0.229 e. The molecule has 0 amide bonds. The third-order valence-electron chi connectivity index (χ3n) is 4.73. The van der Waals surface area contributed by atoms with E-state index >= 15 is 0 Å². The Kier molecular flexibility index (Phi) is 5.14. The Balaban J connectivity index is 1.68. The van der Waals surface area contributed by atoms with Crippen LogP contribution in [0.1, 0.15) is 32.1 Å². The number of benzene rings is 2. The predicted molar refractivity (Wildman–Crippen MR) is 110 cm³/mol. The van der Waals surface area contributed by atoms with E-state index in [1.165, 1.54) is 32.1 Å². The topological polar surface area (TPSA) is 49.8 Å². The highest BCUT2D eigenvalue weighted by Gasteiger charge is 2.16. The van der Waals surface area contributed by atoms with Gasteiger partial charge in [-0.25, -0.2) is 4.98 Å². The van der Waals surface area contributed by atoms with Gasteiger partial charge in [-0.2, -0.15) is 4.98 Å². The van der Waals surface area contributed by atoms with Crippen LogP contribution in [0.15, 0.2) is 42.5 Å². The minimum Gasteiger partial charge on any atom is -0.367 e. The van der Waals surface area contributed by atoms with Crippen LogP contribution in [0.5, 0.6) is 0 Å². The van der Waals surface area contributed by atoms with E-state index in [1.807, 2.05) is 24.3 Å². The van der Waals surface area contributed by atoms with Crippen molar-refractivity contribution in [2.45, 2.75) is 38.1 Å². The van der Waals surface area contributed by atoms with E-state index in [-0.39, 0.29) is 0 Å². The van der Waals surface area contributed by atoms with Gasteiger partial charge in [-0.05, 0) is 43.2 Å². The second-order valence-electron chi connectivity index (χ2n) is 6.64. The molecule has 2 N–H and O–H groups in total. The summed E-state index contributed by atoms with van der Waals surface area (Å²) in [4.78, 5) is 9.36. The largest absolute Gasteiger partial charge is 0.367 e. The summed E-state index contributed by atoms with van der Waals surface area (Å²) < 4.78 is 0. The summed E-state index contributed by atoms with van der Waals surface area (Å²) in [6.45, 7) is 0. The Morgan fingerprint density at radius 3 is 2.54 bits per heavy atom.